The van der Waals surface area contributed by atoms with Crippen molar-refractivity contribution in [3.8, 4) is 16.9 Å². The van der Waals surface area contributed by atoms with Crippen molar-refractivity contribution in [3.05, 3.63) is 54.1 Å². The van der Waals surface area contributed by atoms with Crippen LogP contribution in [-0.4, -0.2) is 30.8 Å². The van der Waals surface area contributed by atoms with Gasteiger partial charge in [-0.1, -0.05) is 30.3 Å². The molecule has 2 N–H and O–H groups in total. The quantitative estimate of drug-likeness (QED) is 0.891. The van der Waals surface area contributed by atoms with Gasteiger partial charge in [0.2, 0.25) is 0 Å². The van der Waals surface area contributed by atoms with Crippen LogP contribution in [-0.2, 0) is 4.74 Å². The summed E-state index contributed by atoms with van der Waals surface area (Å²) < 4.78 is 5.34. The number of amides is 1. The first-order valence-corrected chi connectivity index (χ1v) is 7.98. The topological polar surface area (TPSA) is 58.6 Å². The second kappa shape index (κ2) is 7.29. The predicted molar refractivity (Wildman–Crippen MR) is 89.4 cm³/mol. The van der Waals surface area contributed by atoms with Crippen LogP contribution in [0.5, 0.6) is 5.75 Å². The molecule has 1 aliphatic heterocycles. The van der Waals surface area contributed by atoms with Crippen molar-refractivity contribution in [1.82, 2.24) is 5.32 Å². The van der Waals surface area contributed by atoms with Gasteiger partial charge in [-0.05, 0) is 42.5 Å². The van der Waals surface area contributed by atoms with Crippen molar-refractivity contribution in [1.29, 1.82) is 0 Å². The van der Waals surface area contributed by atoms with Crippen molar-refractivity contribution >= 4 is 5.91 Å². The van der Waals surface area contributed by atoms with E-state index in [9.17, 15) is 9.90 Å². The van der Waals surface area contributed by atoms with E-state index >= 15 is 0 Å². The van der Waals surface area contributed by atoms with Crippen LogP contribution in [0.3, 0.4) is 0 Å². The number of hydrogen-bond donors (Lipinski definition) is 2. The molecule has 120 valence electrons. The zero-order chi connectivity index (χ0) is 16.1. The van der Waals surface area contributed by atoms with Crippen molar-refractivity contribution in [3.63, 3.8) is 0 Å². The monoisotopic (exact) mass is 311 g/mol. The molecule has 1 fully saturated rings. The summed E-state index contributed by atoms with van der Waals surface area (Å²) in [6.45, 7) is 2.30. The number of ether oxygens (including phenoxy) is 1. The first-order valence-electron chi connectivity index (χ1n) is 7.98. The average Bonchev–Trinajstić information content (AvgIpc) is 3.09. The van der Waals surface area contributed by atoms with Gasteiger partial charge in [-0.3, -0.25) is 4.79 Å². The summed E-state index contributed by atoms with van der Waals surface area (Å²) in [6, 6.07) is 14.5. The molecule has 4 heteroatoms. The molecule has 3 rings (SSSR count). The normalized spacial score (nSPS) is 17.1. The minimum absolute atomic E-state index is 0.0822. The molecule has 1 amide bonds. The Morgan fingerprint density at radius 3 is 2.87 bits per heavy atom. The molecule has 1 saturated heterocycles. The van der Waals surface area contributed by atoms with Crippen molar-refractivity contribution in [2.24, 2.45) is 5.92 Å². The summed E-state index contributed by atoms with van der Waals surface area (Å²) in [5, 5.41) is 12.9. The second-order valence-electron chi connectivity index (χ2n) is 5.87. The Hall–Kier alpha value is -2.33. The van der Waals surface area contributed by atoms with E-state index in [0.29, 0.717) is 18.0 Å². The molecule has 1 atom stereocenters. The van der Waals surface area contributed by atoms with Crippen LogP contribution in [0, 0.1) is 5.92 Å². The smallest absolute Gasteiger partial charge is 0.251 e. The highest BCUT2D eigenvalue weighted by Crippen LogP contribution is 2.29. The van der Waals surface area contributed by atoms with E-state index in [4.69, 9.17) is 4.74 Å². The van der Waals surface area contributed by atoms with Crippen LogP contribution in [0.1, 0.15) is 23.2 Å². The number of benzene rings is 2. The number of phenols is 1. The maximum Gasteiger partial charge on any atom is 0.251 e. The minimum Gasteiger partial charge on any atom is -0.507 e. The Labute approximate surface area is 136 Å². The third-order valence-corrected chi connectivity index (χ3v) is 4.20. The molecule has 1 aliphatic rings. The lowest BCUT2D eigenvalue weighted by Gasteiger charge is -2.10. The summed E-state index contributed by atoms with van der Waals surface area (Å²) in [6.07, 6.45) is 2.03. The second-order valence-corrected chi connectivity index (χ2v) is 5.87. The maximum absolute atomic E-state index is 12.3. The first kappa shape index (κ1) is 15.6. The molecule has 0 aromatic heterocycles. The number of phenolic OH excluding ortho intramolecular Hbond substituents is 1. The van der Waals surface area contributed by atoms with Crippen molar-refractivity contribution < 1.29 is 14.6 Å². The van der Waals surface area contributed by atoms with Gasteiger partial charge >= 0.3 is 0 Å². The molecule has 1 heterocycles. The molecule has 2 aromatic carbocycles. The molecule has 0 radical (unpaired) electrons. The van der Waals surface area contributed by atoms with Crippen LogP contribution in [0.15, 0.2) is 48.5 Å². The Morgan fingerprint density at radius 2 is 2.09 bits per heavy atom. The molecule has 0 unspecified atom stereocenters. The number of aromatic hydroxyl groups is 1. The number of hydrogen-bond acceptors (Lipinski definition) is 3. The lowest BCUT2D eigenvalue weighted by atomic mass is 10.0. The number of nitrogens with one attached hydrogen (secondary N) is 1. The number of carbonyl (C=O) groups excluding carboxylic acids is 1. The summed E-state index contributed by atoms with van der Waals surface area (Å²) in [5.41, 5.74) is 2.17. The van der Waals surface area contributed by atoms with E-state index in [2.05, 4.69) is 5.32 Å². The molecule has 4 nitrogen and oxygen atoms in total. The fraction of sp³-hybridized carbons (Fsp3) is 0.316. The molecular formula is C19H21NO3. The van der Waals surface area contributed by atoms with Gasteiger partial charge in [0.15, 0.2) is 0 Å². The Bertz CT molecular complexity index is 678. The highest BCUT2D eigenvalue weighted by atomic mass is 16.5. The summed E-state index contributed by atoms with van der Waals surface area (Å²) in [5.74, 6) is 0.690. The maximum atomic E-state index is 12.3. The molecule has 0 saturated carbocycles. The number of carbonyl (C=O) groups is 1. The molecule has 23 heavy (non-hydrogen) atoms. The van der Waals surface area contributed by atoms with Gasteiger partial charge in [-0.25, -0.2) is 0 Å². The Kier molecular flexibility index (Phi) is 4.93. The van der Waals surface area contributed by atoms with Gasteiger partial charge in [0.25, 0.3) is 5.91 Å². The minimum atomic E-state index is -0.0822. The summed E-state index contributed by atoms with van der Waals surface area (Å²) in [7, 11) is 0. The Balaban J connectivity index is 1.64. The standard InChI is InChI=1S/C19H21NO3/c21-18-7-2-1-6-17(18)15-4-3-5-16(12-15)19(22)20-10-8-14-9-11-23-13-14/h1-7,12,14,21H,8-11,13H2,(H,20,22)/t14-/m0/s1. The third-order valence-electron chi connectivity index (χ3n) is 4.20. The van der Waals surface area contributed by atoms with E-state index < -0.39 is 0 Å². The van der Waals surface area contributed by atoms with E-state index in [0.717, 1.165) is 37.2 Å². The number of rotatable bonds is 5. The molecule has 2 aromatic rings. The van der Waals surface area contributed by atoms with Crippen LogP contribution in [0.25, 0.3) is 11.1 Å². The third kappa shape index (κ3) is 3.90. The molecule has 0 aliphatic carbocycles. The first-order chi connectivity index (χ1) is 11.2. The van der Waals surface area contributed by atoms with E-state index in [1.807, 2.05) is 30.3 Å². The van der Waals surface area contributed by atoms with E-state index in [-0.39, 0.29) is 11.7 Å². The van der Waals surface area contributed by atoms with Crippen LogP contribution in [0.2, 0.25) is 0 Å². The Morgan fingerprint density at radius 1 is 1.22 bits per heavy atom. The molecule has 0 bridgehead atoms. The SMILES string of the molecule is O=C(NCC[C@H]1CCOC1)c1cccc(-c2ccccc2O)c1. The zero-order valence-electron chi connectivity index (χ0n) is 13.0. The fourth-order valence-corrected chi connectivity index (χ4v) is 2.85. The molecular weight excluding hydrogens is 290 g/mol. The fourth-order valence-electron chi connectivity index (χ4n) is 2.85. The van der Waals surface area contributed by atoms with Gasteiger partial charge in [-0.15, -0.1) is 0 Å². The van der Waals surface area contributed by atoms with Crippen molar-refractivity contribution in [2.75, 3.05) is 19.8 Å². The highest BCUT2D eigenvalue weighted by molar-refractivity contribution is 5.95. The van der Waals surface area contributed by atoms with Gasteiger partial charge in [0, 0.05) is 30.9 Å². The number of para-hydroxylation sites is 1. The van der Waals surface area contributed by atoms with Gasteiger partial charge < -0.3 is 15.2 Å². The van der Waals surface area contributed by atoms with Gasteiger partial charge in [0.05, 0.1) is 0 Å². The lowest BCUT2D eigenvalue weighted by molar-refractivity contribution is 0.0950. The summed E-state index contributed by atoms with van der Waals surface area (Å²) in [4.78, 5) is 12.3. The molecule has 0 spiro atoms. The average molecular weight is 311 g/mol. The van der Waals surface area contributed by atoms with Gasteiger partial charge in [-0.2, -0.15) is 0 Å². The summed E-state index contributed by atoms with van der Waals surface area (Å²) >= 11 is 0. The van der Waals surface area contributed by atoms with Crippen LogP contribution in [0.4, 0.5) is 0 Å². The van der Waals surface area contributed by atoms with Crippen molar-refractivity contribution in [2.45, 2.75) is 12.8 Å². The zero-order valence-corrected chi connectivity index (χ0v) is 13.0. The van der Waals surface area contributed by atoms with Gasteiger partial charge in [0.1, 0.15) is 5.75 Å². The van der Waals surface area contributed by atoms with Crippen LogP contribution < -0.4 is 5.32 Å². The van der Waals surface area contributed by atoms with E-state index in [1.54, 1.807) is 18.2 Å². The highest BCUT2D eigenvalue weighted by Gasteiger charge is 2.15. The predicted octanol–water partition coefficient (Wildman–Crippen LogP) is 3.22. The largest absolute Gasteiger partial charge is 0.507 e. The lowest BCUT2D eigenvalue weighted by Crippen LogP contribution is -2.26. The van der Waals surface area contributed by atoms with E-state index in [1.165, 1.54) is 0 Å². The van der Waals surface area contributed by atoms with Crippen LogP contribution >= 0.6 is 0 Å².